The first-order valence-electron chi connectivity index (χ1n) is 11.6. The summed E-state index contributed by atoms with van der Waals surface area (Å²) < 4.78 is 2.18. The molecule has 5 atom stereocenters. The number of carbonyl (C=O) groups is 1. The Labute approximate surface area is 179 Å². The number of hydrogen-bond acceptors (Lipinski definition) is 4. The average Bonchev–Trinajstić information content (AvgIpc) is 3.45. The van der Waals surface area contributed by atoms with Gasteiger partial charge in [-0.25, -0.2) is 0 Å². The van der Waals surface area contributed by atoms with Crippen LogP contribution in [0, 0.1) is 17.8 Å². The first-order chi connectivity index (χ1) is 14.1. The third-order valence-electron chi connectivity index (χ3n) is 7.48. The maximum atomic E-state index is 12.9. The van der Waals surface area contributed by atoms with Crippen molar-refractivity contribution in [2.45, 2.75) is 101 Å². The molecule has 1 heterocycles. The number of amides is 1. The molecule has 5 nitrogen and oxygen atoms in total. The molecule has 1 amide bonds. The van der Waals surface area contributed by atoms with E-state index in [0.29, 0.717) is 18.4 Å². The Balaban J connectivity index is 1.38. The van der Waals surface area contributed by atoms with Crippen LogP contribution in [0.5, 0.6) is 0 Å². The van der Waals surface area contributed by atoms with Gasteiger partial charge < -0.3 is 9.88 Å². The number of nitrogens with zero attached hydrogens (tertiary/aromatic N) is 3. The normalized spacial score (nSPS) is 29.0. The molecule has 5 unspecified atom stereocenters. The summed E-state index contributed by atoms with van der Waals surface area (Å²) >= 11 is 1.53. The highest BCUT2D eigenvalue weighted by Gasteiger charge is 2.42. The van der Waals surface area contributed by atoms with Crippen LogP contribution in [-0.2, 0) is 11.3 Å². The van der Waals surface area contributed by atoms with E-state index in [1.807, 2.05) is 13.0 Å². The van der Waals surface area contributed by atoms with Crippen molar-refractivity contribution < 1.29 is 4.79 Å². The Bertz CT molecular complexity index is 726. The maximum absolute atomic E-state index is 12.9. The predicted molar refractivity (Wildman–Crippen MR) is 118 cm³/mol. The molecule has 1 N–H and O–H groups in total. The van der Waals surface area contributed by atoms with E-state index in [0.717, 1.165) is 22.8 Å². The van der Waals surface area contributed by atoms with Crippen LogP contribution in [0.25, 0.3) is 0 Å². The first-order valence-corrected chi connectivity index (χ1v) is 12.5. The van der Waals surface area contributed by atoms with Crippen LogP contribution in [0.3, 0.4) is 0 Å². The zero-order chi connectivity index (χ0) is 20.4. The highest BCUT2D eigenvalue weighted by Crippen LogP contribution is 2.49. The largest absolute Gasteiger partial charge is 0.352 e. The number of nitrogens with one attached hydrogen (secondary N) is 1. The maximum Gasteiger partial charge on any atom is 0.233 e. The number of fused-ring (bicyclic) bond motifs is 2. The standard InChI is InChI=1S/C23H36N4OS/c1-4-12-27-21(18-8-6-5-7-9-18)25-26-23(27)29-16(3)22(28)24-15(2)20-14-17-10-11-19(20)13-17/h4,15-20H,1,5-14H2,2-3H3,(H,24,28). The molecule has 1 aromatic heterocycles. The third kappa shape index (κ3) is 4.57. The first kappa shape index (κ1) is 21.0. The highest BCUT2D eigenvalue weighted by molar-refractivity contribution is 8.00. The van der Waals surface area contributed by atoms with Gasteiger partial charge in [-0.05, 0) is 63.7 Å². The van der Waals surface area contributed by atoms with E-state index >= 15 is 0 Å². The van der Waals surface area contributed by atoms with Gasteiger partial charge in [0.15, 0.2) is 5.16 Å². The number of thioether (sulfide) groups is 1. The van der Waals surface area contributed by atoms with E-state index in [9.17, 15) is 4.79 Å². The summed E-state index contributed by atoms with van der Waals surface area (Å²) in [7, 11) is 0. The fourth-order valence-electron chi connectivity index (χ4n) is 5.92. The zero-order valence-corrected chi connectivity index (χ0v) is 18.8. The van der Waals surface area contributed by atoms with Gasteiger partial charge in [0.05, 0.1) is 5.25 Å². The Morgan fingerprint density at radius 3 is 2.66 bits per heavy atom. The van der Waals surface area contributed by atoms with Crippen molar-refractivity contribution in [1.82, 2.24) is 20.1 Å². The fraction of sp³-hybridized carbons (Fsp3) is 0.783. The van der Waals surface area contributed by atoms with Crippen molar-refractivity contribution >= 4 is 17.7 Å². The number of aromatic nitrogens is 3. The lowest BCUT2D eigenvalue weighted by Crippen LogP contribution is -2.43. The van der Waals surface area contributed by atoms with Gasteiger partial charge in [0.1, 0.15) is 5.82 Å². The molecule has 4 rings (SSSR count). The van der Waals surface area contributed by atoms with E-state index in [1.165, 1.54) is 69.5 Å². The minimum absolute atomic E-state index is 0.123. The SMILES string of the molecule is C=CCn1c(SC(C)C(=O)NC(C)C2CC3CCC2C3)nnc1C1CCCCC1. The molecule has 3 aliphatic carbocycles. The Morgan fingerprint density at radius 2 is 2.00 bits per heavy atom. The molecule has 1 aromatic rings. The monoisotopic (exact) mass is 416 g/mol. The van der Waals surface area contributed by atoms with Gasteiger partial charge in [-0.2, -0.15) is 0 Å². The lowest BCUT2D eigenvalue weighted by Gasteiger charge is -2.29. The van der Waals surface area contributed by atoms with E-state index in [-0.39, 0.29) is 17.2 Å². The van der Waals surface area contributed by atoms with Crippen molar-refractivity contribution in [3.63, 3.8) is 0 Å². The molecule has 3 aliphatic rings. The number of carbonyl (C=O) groups excluding carboxylic acids is 1. The van der Waals surface area contributed by atoms with Crippen LogP contribution in [0.1, 0.15) is 83.4 Å². The van der Waals surface area contributed by atoms with E-state index in [4.69, 9.17) is 0 Å². The summed E-state index contributed by atoms with van der Waals surface area (Å²) in [5.74, 6) is 4.09. The second-order valence-electron chi connectivity index (χ2n) is 9.47. The lowest BCUT2D eigenvalue weighted by molar-refractivity contribution is -0.121. The Hall–Kier alpha value is -1.30. The minimum Gasteiger partial charge on any atom is -0.352 e. The molecule has 29 heavy (non-hydrogen) atoms. The van der Waals surface area contributed by atoms with Crippen LogP contribution >= 0.6 is 11.8 Å². The van der Waals surface area contributed by atoms with Crippen LogP contribution in [0.2, 0.25) is 0 Å². The van der Waals surface area contributed by atoms with Gasteiger partial charge in [-0.1, -0.05) is 43.5 Å². The molecule has 0 aliphatic heterocycles. The van der Waals surface area contributed by atoms with E-state index < -0.39 is 0 Å². The molecule has 0 radical (unpaired) electrons. The highest BCUT2D eigenvalue weighted by atomic mass is 32.2. The number of allylic oxidation sites excluding steroid dienone is 1. The van der Waals surface area contributed by atoms with Gasteiger partial charge in [0.2, 0.25) is 5.91 Å². The molecule has 0 saturated heterocycles. The Kier molecular flexibility index (Phi) is 6.67. The number of rotatable bonds is 8. The molecule has 3 fully saturated rings. The molecule has 6 heteroatoms. The van der Waals surface area contributed by atoms with Crippen molar-refractivity contribution in [1.29, 1.82) is 0 Å². The minimum atomic E-state index is -0.178. The van der Waals surface area contributed by atoms with Crippen molar-refractivity contribution in [2.75, 3.05) is 0 Å². The summed E-state index contributed by atoms with van der Waals surface area (Å²) in [6, 6.07) is 0.268. The van der Waals surface area contributed by atoms with Crippen LogP contribution in [-0.4, -0.2) is 32.0 Å². The quantitative estimate of drug-likeness (QED) is 0.482. The molecular weight excluding hydrogens is 380 g/mol. The van der Waals surface area contributed by atoms with Crippen molar-refractivity contribution in [3.8, 4) is 0 Å². The lowest BCUT2D eigenvalue weighted by atomic mass is 9.84. The van der Waals surface area contributed by atoms with Gasteiger partial charge in [0, 0.05) is 18.5 Å². The Morgan fingerprint density at radius 1 is 1.21 bits per heavy atom. The summed E-state index contributed by atoms with van der Waals surface area (Å²) in [6.07, 6.45) is 13.6. The van der Waals surface area contributed by atoms with Crippen LogP contribution in [0.15, 0.2) is 17.8 Å². The second-order valence-corrected chi connectivity index (χ2v) is 10.8. The summed E-state index contributed by atoms with van der Waals surface area (Å²) in [6.45, 7) is 8.80. The average molecular weight is 417 g/mol. The molecule has 160 valence electrons. The smallest absolute Gasteiger partial charge is 0.233 e. The molecule has 2 bridgehead atoms. The zero-order valence-electron chi connectivity index (χ0n) is 18.0. The summed E-state index contributed by atoms with van der Waals surface area (Å²) in [5.41, 5.74) is 0. The summed E-state index contributed by atoms with van der Waals surface area (Å²) in [4.78, 5) is 12.9. The van der Waals surface area contributed by atoms with Crippen LogP contribution < -0.4 is 5.32 Å². The predicted octanol–water partition coefficient (Wildman–Crippen LogP) is 4.93. The van der Waals surface area contributed by atoms with E-state index in [1.54, 1.807) is 0 Å². The molecule has 0 aromatic carbocycles. The van der Waals surface area contributed by atoms with Crippen molar-refractivity contribution in [2.24, 2.45) is 17.8 Å². The van der Waals surface area contributed by atoms with Gasteiger partial charge >= 0.3 is 0 Å². The molecular formula is C23H36N4OS. The third-order valence-corrected chi connectivity index (χ3v) is 8.56. The summed E-state index contributed by atoms with van der Waals surface area (Å²) in [5, 5.41) is 13.0. The van der Waals surface area contributed by atoms with Gasteiger partial charge in [-0.15, -0.1) is 16.8 Å². The van der Waals surface area contributed by atoms with E-state index in [2.05, 4.69) is 33.6 Å². The topological polar surface area (TPSA) is 59.8 Å². The van der Waals surface area contributed by atoms with Crippen LogP contribution in [0.4, 0.5) is 0 Å². The fourth-order valence-corrected chi connectivity index (χ4v) is 6.79. The van der Waals surface area contributed by atoms with Crippen molar-refractivity contribution in [3.05, 3.63) is 18.5 Å². The second kappa shape index (κ2) is 9.23. The molecule has 3 saturated carbocycles. The molecule has 0 spiro atoms. The number of hydrogen-bond donors (Lipinski definition) is 1. The van der Waals surface area contributed by atoms with Gasteiger partial charge in [0.25, 0.3) is 0 Å². The van der Waals surface area contributed by atoms with Gasteiger partial charge in [-0.3, -0.25) is 4.79 Å².